The zero-order valence-electron chi connectivity index (χ0n) is 13.8. The molecule has 5 heteroatoms. The van der Waals surface area contributed by atoms with Crippen LogP contribution in [-0.2, 0) is 6.54 Å². The molecule has 1 aromatic heterocycles. The molecule has 0 spiro atoms. The highest BCUT2D eigenvalue weighted by atomic mass is 79.9. The van der Waals surface area contributed by atoms with Crippen LogP contribution in [0.4, 0.5) is 0 Å². The predicted octanol–water partition coefficient (Wildman–Crippen LogP) is 3.57. The minimum atomic E-state index is -0.0151. The lowest BCUT2D eigenvalue weighted by Gasteiger charge is -2.49. The Morgan fingerprint density at radius 1 is 1.57 bits per heavy atom. The first-order valence-corrected chi connectivity index (χ1v) is 8.86. The van der Waals surface area contributed by atoms with Crippen LogP contribution < -0.4 is 5.73 Å². The quantitative estimate of drug-likeness (QED) is 0.876. The summed E-state index contributed by atoms with van der Waals surface area (Å²) in [6, 6.07) is -0.0151. The van der Waals surface area contributed by atoms with E-state index in [1.54, 1.807) is 0 Å². The summed E-state index contributed by atoms with van der Waals surface area (Å²) < 4.78 is 3.13. The van der Waals surface area contributed by atoms with Gasteiger partial charge >= 0.3 is 0 Å². The van der Waals surface area contributed by atoms with Crippen LogP contribution in [0.5, 0.6) is 0 Å². The third kappa shape index (κ3) is 3.20. The second-order valence-electron chi connectivity index (χ2n) is 6.78. The third-order valence-corrected chi connectivity index (χ3v) is 5.65. The number of halogens is 1. The molecule has 4 nitrogen and oxygen atoms in total. The highest BCUT2D eigenvalue weighted by Gasteiger charge is 2.44. The van der Waals surface area contributed by atoms with Crippen molar-refractivity contribution in [1.82, 2.24) is 14.7 Å². The van der Waals surface area contributed by atoms with E-state index < -0.39 is 0 Å². The molecule has 120 valence electrons. The maximum Gasteiger partial charge on any atom is 0.0712 e. The largest absolute Gasteiger partial charge is 0.321 e. The summed E-state index contributed by atoms with van der Waals surface area (Å²) in [6.07, 6.45) is 7.85. The normalized spacial score (nSPS) is 28.0. The molecule has 0 aromatic carbocycles. The molecule has 21 heavy (non-hydrogen) atoms. The van der Waals surface area contributed by atoms with Crippen molar-refractivity contribution in [2.45, 2.75) is 64.1 Å². The van der Waals surface area contributed by atoms with Crippen molar-refractivity contribution in [3.63, 3.8) is 0 Å². The average molecular weight is 357 g/mol. The maximum absolute atomic E-state index is 6.81. The molecular weight excluding hydrogens is 328 g/mol. The van der Waals surface area contributed by atoms with Gasteiger partial charge in [-0.3, -0.25) is 4.68 Å². The molecule has 1 aliphatic rings. The van der Waals surface area contributed by atoms with Gasteiger partial charge in [-0.15, -0.1) is 0 Å². The van der Waals surface area contributed by atoms with Crippen molar-refractivity contribution in [3.8, 4) is 0 Å². The molecule has 0 bridgehead atoms. The van der Waals surface area contributed by atoms with Gasteiger partial charge in [-0.05, 0) is 55.2 Å². The van der Waals surface area contributed by atoms with Gasteiger partial charge in [0.05, 0.1) is 22.4 Å². The molecule has 0 radical (unpaired) electrons. The summed E-state index contributed by atoms with van der Waals surface area (Å²) in [4.78, 5) is 2.35. The monoisotopic (exact) mass is 356 g/mol. The van der Waals surface area contributed by atoms with E-state index in [9.17, 15) is 0 Å². The number of hydrogen-bond acceptors (Lipinski definition) is 3. The number of nitrogens with two attached hydrogens (primary N) is 1. The van der Waals surface area contributed by atoms with E-state index in [4.69, 9.17) is 5.73 Å². The highest BCUT2D eigenvalue weighted by molar-refractivity contribution is 9.10. The van der Waals surface area contributed by atoms with Crippen LogP contribution >= 0.6 is 15.9 Å². The molecule has 0 aliphatic heterocycles. The Morgan fingerprint density at radius 2 is 2.29 bits per heavy atom. The van der Waals surface area contributed by atoms with E-state index in [0.29, 0.717) is 0 Å². The van der Waals surface area contributed by atoms with Gasteiger partial charge in [0.25, 0.3) is 0 Å². The average Bonchev–Trinajstić information content (AvgIpc) is 2.79. The molecule has 1 aromatic rings. The summed E-state index contributed by atoms with van der Waals surface area (Å²) >= 11 is 3.66. The van der Waals surface area contributed by atoms with Crippen molar-refractivity contribution < 1.29 is 0 Å². The maximum atomic E-state index is 6.81. The summed E-state index contributed by atoms with van der Waals surface area (Å²) in [7, 11) is 4.35. The van der Waals surface area contributed by atoms with Gasteiger partial charge in [0.15, 0.2) is 0 Å². The fraction of sp³-hybridized carbons (Fsp3) is 0.812. The Kier molecular flexibility index (Phi) is 5.49. The predicted molar refractivity (Wildman–Crippen MR) is 91.2 cm³/mol. The fourth-order valence-corrected chi connectivity index (χ4v) is 4.40. The van der Waals surface area contributed by atoms with E-state index in [-0.39, 0.29) is 11.6 Å². The van der Waals surface area contributed by atoms with Crippen LogP contribution in [0.2, 0.25) is 0 Å². The molecule has 0 saturated heterocycles. The number of nitrogens with zero attached hydrogens (tertiary/aromatic N) is 3. The zero-order valence-corrected chi connectivity index (χ0v) is 15.4. The second-order valence-corrected chi connectivity index (χ2v) is 7.63. The molecule has 2 N–H and O–H groups in total. The van der Waals surface area contributed by atoms with E-state index in [1.165, 1.54) is 12.8 Å². The van der Waals surface area contributed by atoms with E-state index in [2.05, 4.69) is 58.6 Å². The van der Waals surface area contributed by atoms with Crippen molar-refractivity contribution in [2.24, 2.45) is 11.7 Å². The molecule has 0 amide bonds. The molecule has 1 heterocycles. The van der Waals surface area contributed by atoms with Crippen LogP contribution in [0, 0.1) is 5.92 Å². The smallest absolute Gasteiger partial charge is 0.0712 e. The zero-order chi connectivity index (χ0) is 15.6. The number of rotatable bonds is 5. The fourth-order valence-electron chi connectivity index (χ4n) is 3.86. The number of likely N-dealkylation sites (N-methyl/N-ethyl adjacent to an activating group) is 1. The SMILES string of the molecule is CCCn1ncc(Br)c1C(N)C1(N(C)C)CCCC(C)C1. The Balaban J connectivity index is 2.39. The molecule has 3 unspecified atom stereocenters. The highest BCUT2D eigenvalue weighted by Crippen LogP contribution is 2.44. The van der Waals surface area contributed by atoms with Crippen molar-refractivity contribution in [2.75, 3.05) is 14.1 Å². The Labute approximate surface area is 137 Å². The molecule has 1 saturated carbocycles. The Hall–Kier alpha value is -0.390. The number of aromatic nitrogens is 2. The lowest BCUT2D eigenvalue weighted by molar-refractivity contribution is 0.0469. The molecule has 1 fully saturated rings. The van der Waals surface area contributed by atoms with Crippen molar-refractivity contribution >= 4 is 15.9 Å². The van der Waals surface area contributed by atoms with E-state index >= 15 is 0 Å². The first-order valence-electron chi connectivity index (χ1n) is 8.06. The number of aryl methyl sites for hydroxylation is 1. The summed E-state index contributed by atoms with van der Waals surface area (Å²) in [5.74, 6) is 0.730. The van der Waals surface area contributed by atoms with Crippen LogP contribution in [0.15, 0.2) is 10.7 Å². The van der Waals surface area contributed by atoms with Crippen LogP contribution in [-0.4, -0.2) is 34.3 Å². The second kappa shape index (κ2) is 6.80. The van der Waals surface area contributed by atoms with Gasteiger partial charge in [0.2, 0.25) is 0 Å². The molecule has 3 atom stereocenters. The minimum Gasteiger partial charge on any atom is -0.321 e. The number of hydrogen-bond donors (Lipinski definition) is 1. The Morgan fingerprint density at radius 3 is 2.86 bits per heavy atom. The lowest BCUT2D eigenvalue weighted by Crippen LogP contribution is -2.55. The van der Waals surface area contributed by atoms with E-state index in [1.807, 2.05) is 6.20 Å². The van der Waals surface area contributed by atoms with Gasteiger partial charge in [-0.25, -0.2) is 0 Å². The van der Waals surface area contributed by atoms with Gasteiger partial charge in [0, 0.05) is 12.1 Å². The molecule has 1 aliphatic carbocycles. The van der Waals surface area contributed by atoms with Crippen molar-refractivity contribution in [1.29, 1.82) is 0 Å². The standard InChI is InChI=1S/C16H29BrN4/c1-5-9-21-14(13(17)11-19-21)15(18)16(20(3)4)8-6-7-12(2)10-16/h11-12,15H,5-10,18H2,1-4H3. The van der Waals surface area contributed by atoms with Gasteiger partial charge in [0.1, 0.15) is 0 Å². The van der Waals surface area contributed by atoms with Gasteiger partial charge in [-0.2, -0.15) is 5.10 Å². The van der Waals surface area contributed by atoms with Crippen LogP contribution in [0.3, 0.4) is 0 Å². The van der Waals surface area contributed by atoms with Crippen molar-refractivity contribution in [3.05, 3.63) is 16.4 Å². The third-order valence-electron chi connectivity index (χ3n) is 5.04. The van der Waals surface area contributed by atoms with E-state index in [0.717, 1.165) is 41.9 Å². The lowest BCUT2D eigenvalue weighted by atomic mass is 9.70. The van der Waals surface area contributed by atoms with Gasteiger partial charge < -0.3 is 10.6 Å². The van der Waals surface area contributed by atoms with Crippen LogP contribution in [0.1, 0.15) is 57.7 Å². The molecule has 2 rings (SSSR count). The summed E-state index contributed by atoms with van der Waals surface area (Å²) in [5.41, 5.74) is 8.00. The van der Waals surface area contributed by atoms with Gasteiger partial charge in [-0.1, -0.05) is 26.7 Å². The first-order chi connectivity index (χ1) is 9.92. The summed E-state index contributed by atoms with van der Waals surface area (Å²) in [5, 5.41) is 4.50. The minimum absolute atomic E-state index is 0.0151. The van der Waals surface area contributed by atoms with Crippen LogP contribution in [0.25, 0.3) is 0 Å². The topological polar surface area (TPSA) is 47.1 Å². The first kappa shape index (κ1) is 17.0. The molecular formula is C16H29BrN4. The Bertz CT molecular complexity index is 471. The summed E-state index contributed by atoms with van der Waals surface area (Å²) in [6.45, 7) is 5.45.